The highest BCUT2D eigenvalue weighted by Gasteiger charge is 2.18. The zero-order valence-corrected chi connectivity index (χ0v) is 12.7. The van der Waals surface area contributed by atoms with Crippen molar-refractivity contribution in [2.24, 2.45) is 5.73 Å². The number of thiophene rings is 1. The minimum absolute atomic E-state index is 0.0379. The molecule has 0 aliphatic heterocycles. The number of carboxylic acid groups (broad SMARTS) is 1. The number of amides is 1. The molecule has 0 atom stereocenters. The highest BCUT2D eigenvalue weighted by Crippen LogP contribution is 2.26. The molecule has 9 heteroatoms. The Labute approximate surface area is 132 Å². The smallest absolute Gasteiger partial charge is 0.371 e. The largest absolute Gasteiger partial charge is 0.475 e. The molecular formula is C14H11N3O5S. The fourth-order valence-electron chi connectivity index (χ4n) is 2.25. The van der Waals surface area contributed by atoms with Crippen molar-refractivity contribution >= 4 is 33.4 Å². The van der Waals surface area contributed by atoms with E-state index in [1.54, 1.807) is 6.92 Å². The van der Waals surface area contributed by atoms with E-state index in [2.05, 4.69) is 4.98 Å². The first kappa shape index (κ1) is 15.0. The van der Waals surface area contributed by atoms with Crippen LogP contribution in [-0.4, -0.2) is 26.5 Å². The second-order valence-electron chi connectivity index (χ2n) is 4.85. The van der Waals surface area contributed by atoms with Gasteiger partial charge >= 0.3 is 5.97 Å². The first-order chi connectivity index (χ1) is 10.9. The van der Waals surface area contributed by atoms with Gasteiger partial charge < -0.3 is 15.3 Å². The van der Waals surface area contributed by atoms with Crippen molar-refractivity contribution in [1.29, 1.82) is 0 Å². The molecule has 0 fully saturated rings. The number of hydrogen-bond donors (Lipinski definition) is 2. The van der Waals surface area contributed by atoms with Crippen molar-refractivity contribution < 1.29 is 19.1 Å². The van der Waals surface area contributed by atoms with Gasteiger partial charge in [-0.1, -0.05) is 0 Å². The normalized spacial score (nSPS) is 11.0. The van der Waals surface area contributed by atoms with E-state index < -0.39 is 11.9 Å². The molecule has 3 aromatic rings. The average Bonchev–Trinajstić information content (AvgIpc) is 3.07. The van der Waals surface area contributed by atoms with Gasteiger partial charge in [-0.05, 0) is 24.6 Å². The number of primary amides is 1. The van der Waals surface area contributed by atoms with Crippen LogP contribution in [0.4, 0.5) is 0 Å². The van der Waals surface area contributed by atoms with Gasteiger partial charge in [0.25, 0.3) is 11.5 Å². The van der Waals surface area contributed by atoms with Crippen LogP contribution in [0.25, 0.3) is 10.2 Å². The highest BCUT2D eigenvalue weighted by molar-refractivity contribution is 7.20. The second kappa shape index (κ2) is 5.36. The first-order valence-corrected chi connectivity index (χ1v) is 7.30. The van der Waals surface area contributed by atoms with E-state index in [0.29, 0.717) is 26.4 Å². The predicted octanol–water partition coefficient (Wildman–Crippen LogP) is 1.20. The van der Waals surface area contributed by atoms with Gasteiger partial charge in [0.1, 0.15) is 10.6 Å². The van der Waals surface area contributed by atoms with Gasteiger partial charge in [0.05, 0.1) is 23.1 Å². The Morgan fingerprint density at radius 1 is 1.43 bits per heavy atom. The Kier molecular flexibility index (Phi) is 3.49. The van der Waals surface area contributed by atoms with Crippen LogP contribution >= 0.6 is 11.3 Å². The third-order valence-electron chi connectivity index (χ3n) is 3.34. The Hall–Kier alpha value is -2.94. The van der Waals surface area contributed by atoms with Gasteiger partial charge in [-0.25, -0.2) is 9.78 Å². The number of carboxylic acids is 1. The monoisotopic (exact) mass is 333 g/mol. The van der Waals surface area contributed by atoms with Crippen molar-refractivity contribution in [2.75, 3.05) is 0 Å². The quantitative estimate of drug-likeness (QED) is 0.738. The molecule has 118 valence electrons. The van der Waals surface area contributed by atoms with Crippen LogP contribution in [0, 0.1) is 6.92 Å². The average molecular weight is 333 g/mol. The lowest BCUT2D eigenvalue weighted by molar-refractivity contribution is 0.0660. The molecule has 0 saturated heterocycles. The maximum Gasteiger partial charge on any atom is 0.371 e. The van der Waals surface area contributed by atoms with E-state index in [1.165, 1.54) is 23.0 Å². The van der Waals surface area contributed by atoms with Gasteiger partial charge in [-0.3, -0.25) is 14.2 Å². The van der Waals surface area contributed by atoms with E-state index >= 15 is 0 Å². The number of rotatable bonds is 4. The summed E-state index contributed by atoms with van der Waals surface area (Å²) >= 11 is 1.07. The standard InChI is InChI=1S/C14H11N3O5S/c1-6-9-12(23-10(6)11(15)18)16-5-17(13(9)19)4-7-2-3-8(22-7)14(20)21/h2-3,5H,4H2,1H3,(H2,15,18)(H,20,21). The summed E-state index contributed by atoms with van der Waals surface area (Å²) in [7, 11) is 0. The van der Waals surface area contributed by atoms with Crippen molar-refractivity contribution in [3.63, 3.8) is 0 Å². The number of fused-ring (bicyclic) bond motifs is 1. The molecule has 0 spiro atoms. The van der Waals surface area contributed by atoms with E-state index in [9.17, 15) is 14.4 Å². The fourth-order valence-corrected chi connectivity index (χ4v) is 3.24. The zero-order chi connectivity index (χ0) is 16.7. The lowest BCUT2D eigenvalue weighted by Gasteiger charge is -2.03. The fraction of sp³-hybridized carbons (Fsp3) is 0.143. The molecule has 0 aliphatic carbocycles. The van der Waals surface area contributed by atoms with Crippen LogP contribution in [0.2, 0.25) is 0 Å². The summed E-state index contributed by atoms with van der Waals surface area (Å²) in [5.74, 6) is -1.68. The van der Waals surface area contributed by atoms with Crippen LogP contribution in [0.1, 0.15) is 31.6 Å². The van der Waals surface area contributed by atoms with Crippen molar-refractivity contribution in [3.8, 4) is 0 Å². The zero-order valence-electron chi connectivity index (χ0n) is 11.9. The molecular weight excluding hydrogens is 322 g/mol. The summed E-state index contributed by atoms with van der Waals surface area (Å²) in [6.45, 7) is 1.68. The molecule has 3 aromatic heterocycles. The number of aromatic nitrogens is 2. The lowest BCUT2D eigenvalue weighted by Crippen LogP contribution is -2.21. The third-order valence-corrected chi connectivity index (χ3v) is 4.55. The molecule has 3 rings (SSSR count). The Balaban J connectivity index is 2.06. The number of aromatic carboxylic acids is 1. The molecule has 8 nitrogen and oxygen atoms in total. The third kappa shape index (κ3) is 2.50. The molecule has 0 radical (unpaired) electrons. The first-order valence-electron chi connectivity index (χ1n) is 6.49. The van der Waals surface area contributed by atoms with Gasteiger partial charge in [0, 0.05) is 0 Å². The predicted molar refractivity (Wildman–Crippen MR) is 81.9 cm³/mol. The minimum atomic E-state index is -1.18. The van der Waals surface area contributed by atoms with Crippen LogP contribution in [0.3, 0.4) is 0 Å². The second-order valence-corrected chi connectivity index (χ2v) is 5.85. The van der Waals surface area contributed by atoms with Crippen molar-refractivity contribution in [2.45, 2.75) is 13.5 Å². The van der Waals surface area contributed by atoms with Crippen LogP contribution < -0.4 is 11.3 Å². The summed E-state index contributed by atoms with van der Waals surface area (Å²) in [6.07, 6.45) is 1.33. The number of carbonyl (C=O) groups excluding carboxylic acids is 1. The Morgan fingerprint density at radius 3 is 2.78 bits per heavy atom. The Bertz CT molecular complexity index is 998. The molecule has 0 saturated carbocycles. The summed E-state index contributed by atoms with van der Waals surface area (Å²) in [6, 6.07) is 2.80. The van der Waals surface area contributed by atoms with Gasteiger partial charge in [-0.2, -0.15) is 0 Å². The number of furan rings is 1. The molecule has 0 bridgehead atoms. The van der Waals surface area contributed by atoms with Gasteiger partial charge in [0.2, 0.25) is 5.76 Å². The minimum Gasteiger partial charge on any atom is -0.475 e. The molecule has 1 amide bonds. The van der Waals surface area contributed by atoms with E-state index in [-0.39, 0.29) is 17.9 Å². The maximum absolute atomic E-state index is 12.5. The molecule has 0 unspecified atom stereocenters. The topological polar surface area (TPSA) is 128 Å². The van der Waals surface area contributed by atoms with Crippen LogP contribution in [-0.2, 0) is 6.54 Å². The highest BCUT2D eigenvalue weighted by atomic mass is 32.1. The van der Waals surface area contributed by atoms with Gasteiger partial charge in [0.15, 0.2) is 0 Å². The molecule has 0 aromatic carbocycles. The van der Waals surface area contributed by atoms with Crippen molar-refractivity contribution in [1.82, 2.24) is 9.55 Å². The number of hydrogen-bond acceptors (Lipinski definition) is 6. The summed E-state index contributed by atoms with van der Waals surface area (Å²) in [5, 5.41) is 9.16. The Morgan fingerprint density at radius 2 is 2.17 bits per heavy atom. The number of carbonyl (C=O) groups is 2. The SMILES string of the molecule is Cc1c(C(N)=O)sc2ncn(Cc3ccc(C(=O)O)o3)c(=O)c12. The summed E-state index contributed by atoms with van der Waals surface area (Å²) in [4.78, 5) is 39.6. The van der Waals surface area contributed by atoms with Gasteiger partial charge in [-0.15, -0.1) is 11.3 Å². The number of aryl methyl sites for hydroxylation is 1. The molecule has 3 heterocycles. The number of nitrogens with two attached hydrogens (primary N) is 1. The lowest BCUT2D eigenvalue weighted by atomic mass is 10.2. The van der Waals surface area contributed by atoms with E-state index in [1.807, 2.05) is 0 Å². The van der Waals surface area contributed by atoms with E-state index in [0.717, 1.165) is 11.3 Å². The maximum atomic E-state index is 12.5. The van der Waals surface area contributed by atoms with Crippen LogP contribution in [0.5, 0.6) is 0 Å². The molecule has 23 heavy (non-hydrogen) atoms. The molecule has 3 N–H and O–H groups in total. The molecule has 0 aliphatic rings. The summed E-state index contributed by atoms with van der Waals surface area (Å²) < 4.78 is 6.42. The summed E-state index contributed by atoms with van der Waals surface area (Å²) in [5.41, 5.74) is 5.44. The number of nitrogens with zero attached hydrogens (tertiary/aromatic N) is 2. The van der Waals surface area contributed by atoms with Crippen LogP contribution in [0.15, 0.2) is 27.7 Å². The van der Waals surface area contributed by atoms with Crippen molar-refractivity contribution in [3.05, 3.63) is 50.8 Å². The van der Waals surface area contributed by atoms with E-state index in [4.69, 9.17) is 15.3 Å².